The summed E-state index contributed by atoms with van der Waals surface area (Å²) >= 11 is 3.51. The molecule has 18 heavy (non-hydrogen) atoms. The number of benzene rings is 1. The minimum Gasteiger partial charge on any atom is -0.497 e. The van der Waals surface area contributed by atoms with Crippen molar-refractivity contribution in [2.45, 2.75) is 22.6 Å². The zero-order valence-electron chi connectivity index (χ0n) is 10.1. The van der Waals surface area contributed by atoms with E-state index in [0.717, 1.165) is 0 Å². The molecule has 1 atom stereocenters. The first-order chi connectivity index (χ1) is 8.53. The molecule has 0 bridgehead atoms. The van der Waals surface area contributed by atoms with Crippen LogP contribution in [0.5, 0.6) is 5.75 Å². The molecule has 1 saturated carbocycles. The van der Waals surface area contributed by atoms with E-state index in [1.807, 2.05) is 0 Å². The monoisotopic (exact) mass is 333 g/mol. The number of alkyl halides is 1. The van der Waals surface area contributed by atoms with Crippen LogP contribution in [0.2, 0.25) is 0 Å². The van der Waals surface area contributed by atoms with Gasteiger partial charge in [0.25, 0.3) is 0 Å². The average Bonchev–Trinajstić information content (AvgIpc) is 3.20. The van der Waals surface area contributed by atoms with Crippen molar-refractivity contribution in [3.8, 4) is 5.75 Å². The number of hydrogen-bond acceptors (Lipinski definition) is 3. The van der Waals surface area contributed by atoms with Crippen LogP contribution in [-0.4, -0.2) is 26.9 Å². The van der Waals surface area contributed by atoms with Crippen molar-refractivity contribution < 1.29 is 13.2 Å². The highest BCUT2D eigenvalue weighted by Gasteiger charge is 2.30. The minimum atomic E-state index is -3.42. The van der Waals surface area contributed by atoms with Crippen molar-refractivity contribution in [2.75, 3.05) is 13.7 Å². The van der Waals surface area contributed by atoms with Gasteiger partial charge in [0, 0.05) is 11.4 Å². The van der Waals surface area contributed by atoms with Crippen LogP contribution in [0.4, 0.5) is 0 Å². The lowest BCUT2D eigenvalue weighted by Gasteiger charge is -2.11. The second-order valence-electron chi connectivity index (χ2n) is 4.38. The molecule has 1 unspecified atom stereocenters. The number of methoxy groups -OCH3 is 1. The topological polar surface area (TPSA) is 55.4 Å². The third-order valence-electron chi connectivity index (χ3n) is 2.97. The number of halogens is 1. The van der Waals surface area contributed by atoms with Crippen molar-refractivity contribution in [3.63, 3.8) is 0 Å². The summed E-state index contributed by atoms with van der Waals surface area (Å²) in [5.41, 5.74) is 0. The maximum absolute atomic E-state index is 12.0. The maximum atomic E-state index is 12.0. The van der Waals surface area contributed by atoms with E-state index in [1.54, 1.807) is 31.4 Å². The van der Waals surface area contributed by atoms with Gasteiger partial charge in [0.2, 0.25) is 10.0 Å². The van der Waals surface area contributed by atoms with Crippen LogP contribution in [0.25, 0.3) is 0 Å². The van der Waals surface area contributed by atoms with E-state index in [2.05, 4.69) is 20.7 Å². The van der Waals surface area contributed by atoms with Gasteiger partial charge in [0.05, 0.1) is 12.0 Å². The van der Waals surface area contributed by atoms with Crippen molar-refractivity contribution in [2.24, 2.45) is 5.92 Å². The van der Waals surface area contributed by atoms with Crippen LogP contribution in [-0.2, 0) is 10.0 Å². The van der Waals surface area contributed by atoms with Gasteiger partial charge in [-0.05, 0) is 43.0 Å². The Kier molecular flexibility index (Phi) is 4.29. The first kappa shape index (κ1) is 13.8. The van der Waals surface area contributed by atoms with Gasteiger partial charge in [-0.3, -0.25) is 0 Å². The predicted molar refractivity (Wildman–Crippen MR) is 73.6 cm³/mol. The molecule has 0 amide bonds. The molecular formula is C12H16BrNO3S. The molecule has 1 aliphatic carbocycles. The van der Waals surface area contributed by atoms with Crippen molar-refractivity contribution in [1.82, 2.24) is 4.72 Å². The fourth-order valence-electron chi connectivity index (χ4n) is 1.65. The van der Waals surface area contributed by atoms with E-state index >= 15 is 0 Å². The average molecular weight is 334 g/mol. The van der Waals surface area contributed by atoms with Gasteiger partial charge in [-0.25, -0.2) is 13.1 Å². The van der Waals surface area contributed by atoms with E-state index < -0.39 is 10.0 Å². The molecule has 4 nitrogen and oxygen atoms in total. The zero-order chi connectivity index (χ0) is 13.2. The van der Waals surface area contributed by atoms with Crippen LogP contribution in [0.15, 0.2) is 29.2 Å². The van der Waals surface area contributed by atoms with Gasteiger partial charge >= 0.3 is 0 Å². The lowest BCUT2D eigenvalue weighted by molar-refractivity contribution is 0.414. The van der Waals surface area contributed by atoms with Crippen molar-refractivity contribution >= 4 is 26.0 Å². The van der Waals surface area contributed by atoms with Gasteiger partial charge in [0.1, 0.15) is 5.75 Å². The van der Waals surface area contributed by atoms with Crippen LogP contribution in [0.3, 0.4) is 0 Å². The molecule has 0 spiro atoms. The largest absolute Gasteiger partial charge is 0.497 e. The highest BCUT2D eigenvalue weighted by Crippen LogP contribution is 2.36. The number of ether oxygens (including phenoxy) is 1. The molecule has 0 aromatic heterocycles. The number of sulfonamides is 1. The first-order valence-electron chi connectivity index (χ1n) is 5.81. The third-order valence-corrected chi connectivity index (χ3v) is 5.48. The second-order valence-corrected chi connectivity index (χ2v) is 7.32. The Labute approximate surface area is 116 Å². The van der Waals surface area contributed by atoms with E-state index in [0.29, 0.717) is 18.2 Å². The second kappa shape index (κ2) is 5.59. The SMILES string of the molecule is COc1ccc(S(=O)(=O)NCC(Br)C2CC2)cc1. The van der Waals surface area contributed by atoms with Crippen LogP contribution in [0.1, 0.15) is 12.8 Å². The van der Waals surface area contributed by atoms with E-state index in [-0.39, 0.29) is 9.72 Å². The standard InChI is InChI=1S/C12H16BrNO3S/c1-17-10-4-6-11(7-5-10)18(15,16)14-8-12(13)9-2-3-9/h4-7,9,12,14H,2-3,8H2,1H3. The summed E-state index contributed by atoms with van der Waals surface area (Å²) in [7, 11) is -1.87. The molecule has 0 heterocycles. The van der Waals surface area contributed by atoms with Gasteiger partial charge in [-0.15, -0.1) is 0 Å². The third kappa shape index (κ3) is 3.46. The Morgan fingerprint density at radius 2 is 2.00 bits per heavy atom. The molecule has 1 fully saturated rings. The van der Waals surface area contributed by atoms with Crippen molar-refractivity contribution in [3.05, 3.63) is 24.3 Å². The van der Waals surface area contributed by atoms with E-state index in [1.165, 1.54) is 12.8 Å². The molecule has 2 rings (SSSR count). The zero-order valence-corrected chi connectivity index (χ0v) is 12.5. The molecule has 1 aliphatic rings. The van der Waals surface area contributed by atoms with Gasteiger partial charge in [-0.1, -0.05) is 15.9 Å². The van der Waals surface area contributed by atoms with E-state index in [4.69, 9.17) is 4.74 Å². The summed E-state index contributed by atoms with van der Waals surface area (Å²) in [5, 5.41) is 0. The Balaban J connectivity index is 1.99. The van der Waals surface area contributed by atoms with Crippen LogP contribution in [0, 0.1) is 5.92 Å². The number of hydrogen-bond donors (Lipinski definition) is 1. The van der Waals surface area contributed by atoms with Gasteiger partial charge < -0.3 is 4.74 Å². The summed E-state index contributed by atoms with van der Waals surface area (Å²) < 4.78 is 31.6. The molecule has 6 heteroatoms. The summed E-state index contributed by atoms with van der Waals surface area (Å²) in [6.45, 7) is 0.430. The Morgan fingerprint density at radius 3 is 2.50 bits per heavy atom. The van der Waals surface area contributed by atoms with Crippen molar-refractivity contribution in [1.29, 1.82) is 0 Å². The number of nitrogens with one attached hydrogen (secondary N) is 1. The van der Waals surface area contributed by atoms with E-state index in [9.17, 15) is 8.42 Å². The van der Waals surface area contributed by atoms with Crippen LogP contribution >= 0.6 is 15.9 Å². The molecule has 100 valence electrons. The molecule has 1 N–H and O–H groups in total. The summed E-state index contributed by atoms with van der Waals surface area (Å²) in [5.74, 6) is 1.26. The smallest absolute Gasteiger partial charge is 0.240 e. The fourth-order valence-corrected chi connectivity index (χ4v) is 3.62. The lowest BCUT2D eigenvalue weighted by atomic mass is 10.3. The molecule has 1 aromatic carbocycles. The Morgan fingerprint density at radius 1 is 1.39 bits per heavy atom. The fraction of sp³-hybridized carbons (Fsp3) is 0.500. The molecule has 1 aromatic rings. The highest BCUT2D eigenvalue weighted by atomic mass is 79.9. The normalized spacial score (nSPS) is 17.4. The van der Waals surface area contributed by atoms with Gasteiger partial charge in [-0.2, -0.15) is 0 Å². The highest BCUT2D eigenvalue weighted by molar-refractivity contribution is 9.09. The number of rotatable bonds is 6. The predicted octanol–water partition coefficient (Wildman–Crippen LogP) is 2.15. The molecule has 0 saturated heterocycles. The Hall–Kier alpha value is -0.590. The Bertz CT molecular complexity index is 497. The lowest BCUT2D eigenvalue weighted by Crippen LogP contribution is -2.30. The summed E-state index contributed by atoms with van der Waals surface area (Å²) in [4.78, 5) is 0.490. The molecule has 0 aliphatic heterocycles. The van der Waals surface area contributed by atoms with Crippen LogP contribution < -0.4 is 9.46 Å². The summed E-state index contributed by atoms with van der Waals surface area (Å²) in [6.07, 6.45) is 2.36. The summed E-state index contributed by atoms with van der Waals surface area (Å²) in [6, 6.07) is 6.37. The quantitative estimate of drug-likeness (QED) is 0.811. The maximum Gasteiger partial charge on any atom is 0.240 e. The first-order valence-corrected chi connectivity index (χ1v) is 8.20. The molecular weight excluding hydrogens is 318 g/mol. The molecule has 0 radical (unpaired) electrons. The van der Waals surface area contributed by atoms with Gasteiger partial charge in [0.15, 0.2) is 0 Å². The minimum absolute atomic E-state index is 0.227.